The number of aryl methyl sites for hydroxylation is 2. The molecule has 0 radical (unpaired) electrons. The number of rotatable bonds is 4. The van der Waals surface area contributed by atoms with Gasteiger partial charge in [0.15, 0.2) is 0 Å². The molecule has 1 heterocycles. The third-order valence-electron chi connectivity index (χ3n) is 2.86. The molecule has 0 fully saturated rings. The van der Waals surface area contributed by atoms with Crippen LogP contribution in [0.4, 0.5) is 5.69 Å². The summed E-state index contributed by atoms with van der Waals surface area (Å²) in [6.45, 7) is 3.52. The van der Waals surface area contributed by atoms with Gasteiger partial charge in [-0.1, -0.05) is 17.7 Å². The summed E-state index contributed by atoms with van der Waals surface area (Å²) in [5, 5.41) is 0.458. The number of hydrogen-bond donors (Lipinski definition) is 2. The number of anilines is 1. The van der Waals surface area contributed by atoms with Gasteiger partial charge in [-0.25, -0.2) is 8.42 Å². The number of sulfonamides is 1. The van der Waals surface area contributed by atoms with Gasteiger partial charge in [0.25, 0.3) is 10.0 Å². The van der Waals surface area contributed by atoms with Crippen molar-refractivity contribution in [1.29, 1.82) is 0 Å². The van der Waals surface area contributed by atoms with Gasteiger partial charge in [-0.3, -0.25) is 4.72 Å². The van der Waals surface area contributed by atoms with E-state index in [9.17, 15) is 8.42 Å². The van der Waals surface area contributed by atoms with Gasteiger partial charge in [-0.2, -0.15) is 0 Å². The van der Waals surface area contributed by atoms with Crippen LogP contribution in [-0.2, 0) is 16.6 Å². The van der Waals surface area contributed by atoms with Gasteiger partial charge in [0.1, 0.15) is 16.4 Å². The van der Waals surface area contributed by atoms with Crippen molar-refractivity contribution in [2.45, 2.75) is 25.3 Å². The van der Waals surface area contributed by atoms with Crippen molar-refractivity contribution in [2.75, 3.05) is 4.72 Å². The zero-order valence-electron chi connectivity index (χ0n) is 11.1. The van der Waals surface area contributed by atoms with Gasteiger partial charge in [0.05, 0.1) is 12.2 Å². The Morgan fingerprint density at radius 2 is 2.00 bits per heavy atom. The summed E-state index contributed by atoms with van der Waals surface area (Å²) in [5.74, 6) is 0.725. The molecule has 108 valence electrons. The lowest BCUT2D eigenvalue weighted by Crippen LogP contribution is -2.14. The molecule has 0 aliphatic heterocycles. The van der Waals surface area contributed by atoms with Gasteiger partial charge in [-0.05, 0) is 31.5 Å². The van der Waals surface area contributed by atoms with E-state index in [1.807, 2.05) is 0 Å². The van der Waals surface area contributed by atoms with Crippen molar-refractivity contribution in [1.82, 2.24) is 0 Å². The molecule has 0 aliphatic carbocycles. The molecule has 7 heteroatoms. The molecular weight excluding hydrogens is 300 g/mol. The molecule has 3 N–H and O–H groups in total. The van der Waals surface area contributed by atoms with Crippen molar-refractivity contribution < 1.29 is 12.8 Å². The molecule has 2 aromatic rings. The molecule has 1 aromatic carbocycles. The van der Waals surface area contributed by atoms with Gasteiger partial charge in [0.2, 0.25) is 0 Å². The number of furan rings is 1. The fourth-order valence-electron chi connectivity index (χ4n) is 1.80. The summed E-state index contributed by atoms with van der Waals surface area (Å²) < 4.78 is 32.5. The number of hydrogen-bond acceptors (Lipinski definition) is 4. The van der Waals surface area contributed by atoms with Crippen molar-refractivity contribution in [3.05, 3.63) is 46.4 Å². The molecule has 0 atom stereocenters. The minimum Gasteiger partial charge on any atom is -0.464 e. The second kappa shape index (κ2) is 5.47. The van der Waals surface area contributed by atoms with Crippen LogP contribution in [0, 0.1) is 13.8 Å². The lowest BCUT2D eigenvalue weighted by atomic mass is 10.2. The molecule has 0 unspecified atom stereocenters. The van der Waals surface area contributed by atoms with Gasteiger partial charge < -0.3 is 10.2 Å². The Hall–Kier alpha value is -1.50. The first-order chi connectivity index (χ1) is 9.33. The van der Waals surface area contributed by atoms with E-state index in [1.165, 1.54) is 6.07 Å². The summed E-state index contributed by atoms with van der Waals surface area (Å²) in [7, 11) is -3.73. The molecule has 1 aromatic heterocycles. The summed E-state index contributed by atoms with van der Waals surface area (Å²) >= 11 is 5.88. The van der Waals surface area contributed by atoms with Crippen LogP contribution in [0.1, 0.15) is 17.1 Å². The van der Waals surface area contributed by atoms with E-state index in [0.717, 1.165) is 5.56 Å². The first-order valence-electron chi connectivity index (χ1n) is 5.92. The van der Waals surface area contributed by atoms with Crippen LogP contribution in [0.25, 0.3) is 0 Å². The van der Waals surface area contributed by atoms with E-state index in [4.69, 9.17) is 21.8 Å². The average molecular weight is 315 g/mol. The first-order valence-corrected chi connectivity index (χ1v) is 7.78. The normalized spacial score (nSPS) is 11.6. The largest absolute Gasteiger partial charge is 0.464 e. The van der Waals surface area contributed by atoms with Crippen molar-refractivity contribution in [3.63, 3.8) is 0 Å². The molecule has 5 nitrogen and oxygen atoms in total. The number of halogens is 1. The van der Waals surface area contributed by atoms with Crippen molar-refractivity contribution >= 4 is 27.3 Å². The molecule has 0 aliphatic rings. The van der Waals surface area contributed by atoms with Crippen LogP contribution < -0.4 is 10.5 Å². The predicted octanol–water partition coefficient (Wildman–Crippen LogP) is 2.81. The predicted molar refractivity (Wildman–Crippen MR) is 78.3 cm³/mol. The Bertz CT molecular complexity index is 738. The summed E-state index contributed by atoms with van der Waals surface area (Å²) in [5.41, 5.74) is 6.66. The Morgan fingerprint density at radius 1 is 1.30 bits per heavy atom. The van der Waals surface area contributed by atoms with E-state index in [-0.39, 0.29) is 11.4 Å². The van der Waals surface area contributed by atoms with E-state index in [1.54, 1.807) is 32.0 Å². The molecule has 0 bridgehead atoms. The van der Waals surface area contributed by atoms with Gasteiger partial charge in [0, 0.05) is 11.1 Å². The Balaban J connectivity index is 2.40. The van der Waals surface area contributed by atoms with Crippen LogP contribution in [0.2, 0.25) is 5.02 Å². The highest BCUT2D eigenvalue weighted by Crippen LogP contribution is 2.26. The van der Waals surface area contributed by atoms with Crippen molar-refractivity contribution in [3.8, 4) is 0 Å². The minimum atomic E-state index is -3.73. The van der Waals surface area contributed by atoms with Crippen LogP contribution in [-0.4, -0.2) is 8.42 Å². The molecule has 0 amide bonds. The molecule has 2 rings (SSSR count). The third-order valence-corrected chi connectivity index (χ3v) is 4.57. The Labute approximate surface area is 122 Å². The van der Waals surface area contributed by atoms with Crippen LogP contribution >= 0.6 is 11.6 Å². The van der Waals surface area contributed by atoms with E-state index in [2.05, 4.69) is 4.72 Å². The smallest absolute Gasteiger partial charge is 0.265 e. The van der Waals surface area contributed by atoms with Gasteiger partial charge in [-0.15, -0.1) is 0 Å². The van der Waals surface area contributed by atoms with Gasteiger partial charge >= 0.3 is 0 Å². The quantitative estimate of drug-likeness (QED) is 0.908. The topological polar surface area (TPSA) is 85.3 Å². The maximum absolute atomic E-state index is 12.4. The van der Waals surface area contributed by atoms with Crippen LogP contribution in [0.5, 0.6) is 0 Å². The number of nitrogens with one attached hydrogen (secondary N) is 1. The fourth-order valence-corrected chi connectivity index (χ4v) is 3.29. The maximum atomic E-state index is 12.4. The van der Waals surface area contributed by atoms with Crippen LogP contribution in [0.3, 0.4) is 0 Å². The standard InChI is InChI=1S/C13H15ClN2O3S/c1-8-3-4-10(14)5-12(8)16-20(17,18)13-6-11(7-15)19-9(13)2/h3-6,16H,7,15H2,1-2H3. The second-order valence-electron chi connectivity index (χ2n) is 4.40. The Kier molecular flexibility index (Phi) is 4.08. The molecule has 20 heavy (non-hydrogen) atoms. The monoisotopic (exact) mass is 314 g/mol. The molecule has 0 spiro atoms. The van der Waals surface area contributed by atoms with E-state index in [0.29, 0.717) is 22.2 Å². The zero-order valence-corrected chi connectivity index (χ0v) is 12.7. The summed E-state index contributed by atoms with van der Waals surface area (Å²) in [6.07, 6.45) is 0. The highest BCUT2D eigenvalue weighted by molar-refractivity contribution is 7.92. The van der Waals surface area contributed by atoms with Crippen LogP contribution in [0.15, 0.2) is 33.6 Å². The average Bonchev–Trinajstić information content (AvgIpc) is 2.76. The molecular formula is C13H15ClN2O3S. The third kappa shape index (κ3) is 2.98. The first kappa shape index (κ1) is 14.9. The number of nitrogens with two attached hydrogens (primary N) is 1. The SMILES string of the molecule is Cc1ccc(Cl)cc1NS(=O)(=O)c1cc(CN)oc1C. The summed E-state index contributed by atoms with van der Waals surface area (Å²) in [4.78, 5) is 0.0809. The fraction of sp³-hybridized carbons (Fsp3) is 0.231. The Morgan fingerprint density at radius 3 is 2.60 bits per heavy atom. The van der Waals surface area contributed by atoms with E-state index >= 15 is 0 Å². The summed E-state index contributed by atoms with van der Waals surface area (Å²) in [6, 6.07) is 6.43. The number of benzene rings is 1. The lowest BCUT2D eigenvalue weighted by molar-refractivity contribution is 0.479. The maximum Gasteiger partial charge on any atom is 0.265 e. The molecule has 0 saturated carbocycles. The molecule has 0 saturated heterocycles. The van der Waals surface area contributed by atoms with E-state index < -0.39 is 10.0 Å². The highest BCUT2D eigenvalue weighted by Gasteiger charge is 2.22. The lowest BCUT2D eigenvalue weighted by Gasteiger charge is -2.10. The second-order valence-corrected chi connectivity index (χ2v) is 6.49. The minimum absolute atomic E-state index is 0.0809. The van der Waals surface area contributed by atoms with Crippen molar-refractivity contribution in [2.24, 2.45) is 5.73 Å². The zero-order chi connectivity index (χ0) is 14.9. The highest BCUT2D eigenvalue weighted by atomic mass is 35.5.